The fourth-order valence-electron chi connectivity index (χ4n) is 3.18. The number of anilines is 1. The van der Waals surface area contributed by atoms with E-state index in [1.54, 1.807) is 0 Å². The van der Waals surface area contributed by atoms with Crippen LogP contribution in [-0.4, -0.2) is 43.6 Å². The van der Waals surface area contributed by atoms with Gasteiger partial charge in [-0.2, -0.15) is 5.10 Å². The number of piperidine rings is 1. The van der Waals surface area contributed by atoms with Gasteiger partial charge in [0.1, 0.15) is 12.1 Å². The van der Waals surface area contributed by atoms with E-state index in [4.69, 9.17) is 5.73 Å². The number of hydrogen-bond donors (Lipinski definition) is 1. The van der Waals surface area contributed by atoms with E-state index in [9.17, 15) is 4.79 Å². The van der Waals surface area contributed by atoms with Gasteiger partial charge in [0.15, 0.2) is 5.65 Å². The summed E-state index contributed by atoms with van der Waals surface area (Å²) in [6.07, 6.45) is 4.95. The number of aromatic nitrogens is 4. The molecule has 0 aromatic carbocycles. The van der Waals surface area contributed by atoms with Crippen LogP contribution in [0.4, 0.5) is 5.82 Å². The Balaban J connectivity index is 1.91. The summed E-state index contributed by atoms with van der Waals surface area (Å²) < 4.78 is 1.92. The van der Waals surface area contributed by atoms with Crippen molar-refractivity contribution in [2.24, 2.45) is 0 Å². The molecular weight excluding hydrogens is 280 g/mol. The van der Waals surface area contributed by atoms with E-state index >= 15 is 0 Å². The van der Waals surface area contributed by atoms with Gasteiger partial charge in [0, 0.05) is 19.5 Å². The molecule has 3 rings (SSSR count). The molecule has 3 heterocycles. The Morgan fingerprint density at radius 3 is 3.05 bits per heavy atom. The number of rotatable bonds is 3. The summed E-state index contributed by atoms with van der Waals surface area (Å²) >= 11 is 0. The minimum Gasteiger partial charge on any atom is -0.383 e. The van der Waals surface area contributed by atoms with Crippen molar-refractivity contribution in [3.05, 3.63) is 12.0 Å². The van der Waals surface area contributed by atoms with Crippen LogP contribution in [0.5, 0.6) is 0 Å². The SMILES string of the molecule is CCCC(=O)N1CCC[C@@H](n2nc(C)c3c(N)ncnc32)C1. The number of nitrogens with zero attached hydrogens (tertiary/aromatic N) is 5. The summed E-state index contributed by atoms with van der Waals surface area (Å²) in [7, 11) is 0. The average molecular weight is 302 g/mol. The third kappa shape index (κ3) is 2.51. The highest BCUT2D eigenvalue weighted by Gasteiger charge is 2.27. The fraction of sp³-hybridized carbons (Fsp3) is 0.600. The molecule has 7 heteroatoms. The summed E-state index contributed by atoms with van der Waals surface area (Å²) in [5.41, 5.74) is 7.55. The van der Waals surface area contributed by atoms with Gasteiger partial charge in [0.2, 0.25) is 5.91 Å². The Labute approximate surface area is 129 Å². The van der Waals surface area contributed by atoms with Crippen molar-refractivity contribution in [3.63, 3.8) is 0 Å². The molecule has 2 aromatic heterocycles. The Bertz CT molecular complexity index is 695. The second-order valence-electron chi connectivity index (χ2n) is 5.87. The summed E-state index contributed by atoms with van der Waals surface area (Å²) in [5.74, 6) is 0.693. The average Bonchev–Trinajstić information content (AvgIpc) is 2.86. The Morgan fingerprint density at radius 2 is 2.27 bits per heavy atom. The second-order valence-corrected chi connectivity index (χ2v) is 5.87. The number of aryl methyl sites for hydroxylation is 1. The molecule has 0 saturated carbocycles. The molecule has 0 unspecified atom stereocenters. The molecular formula is C15H22N6O. The van der Waals surface area contributed by atoms with Gasteiger partial charge in [-0.1, -0.05) is 6.92 Å². The molecule has 0 spiro atoms. The molecule has 1 aliphatic rings. The predicted octanol–water partition coefficient (Wildman–Crippen LogP) is 1.68. The highest BCUT2D eigenvalue weighted by molar-refractivity contribution is 5.88. The molecule has 0 bridgehead atoms. The largest absolute Gasteiger partial charge is 0.383 e. The topological polar surface area (TPSA) is 89.9 Å². The Morgan fingerprint density at radius 1 is 1.45 bits per heavy atom. The number of hydrogen-bond acceptors (Lipinski definition) is 5. The molecule has 2 N–H and O–H groups in total. The first-order valence-electron chi connectivity index (χ1n) is 7.85. The van der Waals surface area contributed by atoms with E-state index in [2.05, 4.69) is 15.1 Å². The molecule has 1 amide bonds. The first kappa shape index (κ1) is 14.7. The lowest BCUT2D eigenvalue weighted by Crippen LogP contribution is -2.40. The van der Waals surface area contributed by atoms with Gasteiger partial charge < -0.3 is 10.6 Å². The summed E-state index contributed by atoms with van der Waals surface area (Å²) in [6, 6.07) is 0.153. The predicted molar refractivity (Wildman–Crippen MR) is 84.2 cm³/mol. The standard InChI is InChI=1S/C15H22N6O/c1-3-5-12(22)20-7-4-6-11(8-20)21-15-13(10(2)19-21)14(16)17-9-18-15/h9,11H,3-8H2,1-2H3,(H2,16,17,18)/t11-/m1/s1. The number of nitrogens with two attached hydrogens (primary N) is 1. The minimum absolute atomic E-state index is 0.153. The number of likely N-dealkylation sites (tertiary alicyclic amines) is 1. The van der Waals surface area contributed by atoms with Crippen LogP contribution in [0.2, 0.25) is 0 Å². The summed E-state index contributed by atoms with van der Waals surface area (Å²) in [5, 5.41) is 5.43. The molecule has 1 fully saturated rings. The van der Waals surface area contributed by atoms with Crippen molar-refractivity contribution in [2.75, 3.05) is 18.8 Å². The fourth-order valence-corrected chi connectivity index (χ4v) is 3.18. The smallest absolute Gasteiger partial charge is 0.222 e. The zero-order valence-electron chi connectivity index (χ0n) is 13.1. The van der Waals surface area contributed by atoms with Crippen molar-refractivity contribution in [1.82, 2.24) is 24.6 Å². The number of nitrogen functional groups attached to an aromatic ring is 1. The monoisotopic (exact) mass is 302 g/mol. The van der Waals surface area contributed by atoms with Gasteiger partial charge in [0.05, 0.1) is 17.1 Å². The van der Waals surface area contributed by atoms with Crippen molar-refractivity contribution in [1.29, 1.82) is 0 Å². The normalized spacial score (nSPS) is 18.8. The lowest BCUT2D eigenvalue weighted by atomic mass is 10.1. The quantitative estimate of drug-likeness (QED) is 0.931. The lowest BCUT2D eigenvalue weighted by molar-refractivity contribution is -0.132. The van der Waals surface area contributed by atoms with Crippen molar-refractivity contribution in [2.45, 2.75) is 45.6 Å². The van der Waals surface area contributed by atoms with Crippen LogP contribution in [0.1, 0.15) is 44.3 Å². The lowest BCUT2D eigenvalue weighted by Gasteiger charge is -2.33. The molecule has 22 heavy (non-hydrogen) atoms. The number of carbonyl (C=O) groups excluding carboxylic acids is 1. The van der Waals surface area contributed by atoms with E-state index in [1.807, 2.05) is 23.4 Å². The Kier molecular flexibility index (Phi) is 3.96. The molecule has 2 aromatic rings. The van der Waals surface area contributed by atoms with Crippen LogP contribution in [0.25, 0.3) is 11.0 Å². The zero-order chi connectivity index (χ0) is 15.7. The van der Waals surface area contributed by atoms with Gasteiger partial charge in [-0.25, -0.2) is 14.6 Å². The second kappa shape index (κ2) is 5.90. The van der Waals surface area contributed by atoms with Crippen molar-refractivity contribution < 1.29 is 4.79 Å². The number of carbonyl (C=O) groups is 1. The zero-order valence-corrected chi connectivity index (χ0v) is 13.1. The number of amides is 1. The van der Waals surface area contributed by atoms with E-state index in [1.165, 1.54) is 6.33 Å². The van der Waals surface area contributed by atoms with Gasteiger partial charge in [-0.05, 0) is 26.2 Å². The molecule has 118 valence electrons. The van der Waals surface area contributed by atoms with Gasteiger partial charge in [-0.3, -0.25) is 4.79 Å². The maximum absolute atomic E-state index is 12.1. The van der Waals surface area contributed by atoms with Gasteiger partial charge in [0.25, 0.3) is 0 Å². The van der Waals surface area contributed by atoms with Crippen molar-refractivity contribution >= 4 is 22.8 Å². The van der Waals surface area contributed by atoms with Crippen LogP contribution in [-0.2, 0) is 4.79 Å². The van der Waals surface area contributed by atoms with Gasteiger partial charge >= 0.3 is 0 Å². The minimum atomic E-state index is 0.153. The first-order valence-corrected chi connectivity index (χ1v) is 7.85. The number of fused-ring (bicyclic) bond motifs is 1. The third-order valence-corrected chi connectivity index (χ3v) is 4.25. The van der Waals surface area contributed by atoms with Crippen LogP contribution < -0.4 is 5.73 Å². The Hall–Kier alpha value is -2.18. The van der Waals surface area contributed by atoms with Crippen LogP contribution in [0, 0.1) is 6.92 Å². The van der Waals surface area contributed by atoms with Crippen molar-refractivity contribution in [3.8, 4) is 0 Å². The van der Waals surface area contributed by atoms with Crippen LogP contribution >= 0.6 is 0 Å². The summed E-state index contributed by atoms with van der Waals surface area (Å²) in [6.45, 7) is 5.48. The molecule has 1 atom stereocenters. The van der Waals surface area contributed by atoms with Gasteiger partial charge in [-0.15, -0.1) is 0 Å². The van der Waals surface area contributed by atoms with Crippen LogP contribution in [0.15, 0.2) is 6.33 Å². The summed E-state index contributed by atoms with van der Waals surface area (Å²) in [4.78, 5) is 22.5. The van der Waals surface area contributed by atoms with E-state index in [-0.39, 0.29) is 11.9 Å². The maximum Gasteiger partial charge on any atom is 0.222 e. The highest BCUT2D eigenvalue weighted by atomic mass is 16.2. The maximum atomic E-state index is 12.1. The molecule has 0 aliphatic carbocycles. The molecule has 0 radical (unpaired) electrons. The molecule has 7 nitrogen and oxygen atoms in total. The highest BCUT2D eigenvalue weighted by Crippen LogP contribution is 2.28. The third-order valence-electron chi connectivity index (χ3n) is 4.25. The van der Waals surface area contributed by atoms with E-state index in [0.717, 1.165) is 42.5 Å². The molecule has 1 aliphatic heterocycles. The van der Waals surface area contributed by atoms with Crippen LogP contribution in [0.3, 0.4) is 0 Å². The first-order chi connectivity index (χ1) is 10.6. The van der Waals surface area contributed by atoms with E-state index < -0.39 is 0 Å². The van der Waals surface area contributed by atoms with E-state index in [0.29, 0.717) is 18.8 Å². The molecule has 1 saturated heterocycles.